The maximum absolute atomic E-state index is 11.3. The molecule has 0 saturated heterocycles. The standard InChI is InChI=1S/C13H14BrNO3/c1-3-6-15-13(17)8-18-12-5-4-10(14)7-11(12)9(2)16/h1,4-5,7,9,16H,6,8H2,2H3,(H,15,17)/t9-/m0/s1. The minimum Gasteiger partial charge on any atom is -0.483 e. The van der Waals surface area contributed by atoms with Crippen LogP contribution in [0.2, 0.25) is 0 Å². The van der Waals surface area contributed by atoms with Gasteiger partial charge in [0.25, 0.3) is 5.91 Å². The molecule has 1 rings (SSSR count). The Morgan fingerprint density at radius 1 is 1.67 bits per heavy atom. The Hall–Kier alpha value is -1.51. The highest BCUT2D eigenvalue weighted by Crippen LogP contribution is 2.28. The normalized spacial score (nSPS) is 11.4. The van der Waals surface area contributed by atoms with Crippen molar-refractivity contribution in [3.05, 3.63) is 28.2 Å². The summed E-state index contributed by atoms with van der Waals surface area (Å²) in [6, 6.07) is 5.22. The molecular weight excluding hydrogens is 298 g/mol. The lowest BCUT2D eigenvalue weighted by atomic mass is 10.1. The fraction of sp³-hybridized carbons (Fsp3) is 0.308. The van der Waals surface area contributed by atoms with Crippen LogP contribution >= 0.6 is 15.9 Å². The van der Waals surface area contributed by atoms with Crippen molar-refractivity contribution >= 4 is 21.8 Å². The predicted molar refractivity (Wildman–Crippen MR) is 72.1 cm³/mol. The molecule has 0 heterocycles. The van der Waals surface area contributed by atoms with Gasteiger partial charge in [0.1, 0.15) is 5.75 Å². The number of aliphatic hydroxyl groups is 1. The van der Waals surface area contributed by atoms with E-state index in [2.05, 4.69) is 27.2 Å². The van der Waals surface area contributed by atoms with Gasteiger partial charge < -0.3 is 15.2 Å². The molecule has 0 spiro atoms. The summed E-state index contributed by atoms with van der Waals surface area (Å²) in [7, 11) is 0. The third kappa shape index (κ3) is 4.40. The summed E-state index contributed by atoms with van der Waals surface area (Å²) in [5.41, 5.74) is 0.620. The number of carbonyl (C=O) groups is 1. The van der Waals surface area contributed by atoms with Crippen LogP contribution < -0.4 is 10.1 Å². The largest absolute Gasteiger partial charge is 0.483 e. The molecule has 4 nitrogen and oxygen atoms in total. The van der Waals surface area contributed by atoms with E-state index in [1.807, 2.05) is 0 Å². The van der Waals surface area contributed by atoms with E-state index in [0.29, 0.717) is 11.3 Å². The molecule has 18 heavy (non-hydrogen) atoms. The van der Waals surface area contributed by atoms with Crippen molar-refractivity contribution in [1.29, 1.82) is 0 Å². The van der Waals surface area contributed by atoms with Crippen LogP contribution in [0.1, 0.15) is 18.6 Å². The maximum atomic E-state index is 11.3. The molecule has 5 heteroatoms. The van der Waals surface area contributed by atoms with Gasteiger partial charge in [-0.1, -0.05) is 21.9 Å². The number of hydrogen-bond donors (Lipinski definition) is 2. The van der Waals surface area contributed by atoms with Crippen LogP contribution in [0.25, 0.3) is 0 Å². The molecule has 1 aromatic carbocycles. The zero-order valence-corrected chi connectivity index (χ0v) is 11.5. The van der Waals surface area contributed by atoms with Crippen molar-refractivity contribution in [2.45, 2.75) is 13.0 Å². The van der Waals surface area contributed by atoms with Crippen molar-refractivity contribution in [1.82, 2.24) is 5.32 Å². The lowest BCUT2D eigenvalue weighted by Gasteiger charge is -2.13. The average molecular weight is 312 g/mol. The van der Waals surface area contributed by atoms with E-state index >= 15 is 0 Å². The van der Waals surface area contributed by atoms with E-state index in [1.165, 1.54) is 0 Å². The van der Waals surface area contributed by atoms with Crippen LogP contribution in [-0.4, -0.2) is 24.2 Å². The molecule has 0 aliphatic carbocycles. The van der Waals surface area contributed by atoms with Crippen molar-refractivity contribution in [2.24, 2.45) is 0 Å². The van der Waals surface area contributed by atoms with Gasteiger partial charge in [0, 0.05) is 10.0 Å². The van der Waals surface area contributed by atoms with E-state index < -0.39 is 6.10 Å². The number of halogens is 1. The second-order valence-corrected chi connectivity index (χ2v) is 4.54. The highest BCUT2D eigenvalue weighted by Gasteiger charge is 2.11. The number of amides is 1. The number of rotatable bonds is 5. The van der Waals surface area contributed by atoms with Gasteiger partial charge in [-0.15, -0.1) is 6.42 Å². The van der Waals surface area contributed by atoms with Gasteiger partial charge in [-0.3, -0.25) is 4.79 Å². The minimum absolute atomic E-state index is 0.136. The zero-order valence-electron chi connectivity index (χ0n) is 9.94. The highest BCUT2D eigenvalue weighted by molar-refractivity contribution is 9.10. The quantitative estimate of drug-likeness (QED) is 0.813. The molecule has 1 aromatic rings. The van der Waals surface area contributed by atoms with Gasteiger partial charge >= 0.3 is 0 Å². The van der Waals surface area contributed by atoms with Gasteiger partial charge in [-0.25, -0.2) is 0 Å². The first kappa shape index (κ1) is 14.6. The fourth-order valence-corrected chi connectivity index (χ4v) is 1.70. The number of aliphatic hydroxyl groups excluding tert-OH is 1. The first-order valence-corrected chi connectivity index (χ1v) is 6.14. The molecule has 0 saturated carbocycles. The number of hydrogen-bond acceptors (Lipinski definition) is 3. The van der Waals surface area contributed by atoms with Crippen LogP contribution in [-0.2, 0) is 4.79 Å². The highest BCUT2D eigenvalue weighted by atomic mass is 79.9. The van der Waals surface area contributed by atoms with E-state index in [0.717, 1.165) is 4.47 Å². The van der Waals surface area contributed by atoms with Gasteiger partial charge in [0.15, 0.2) is 6.61 Å². The molecule has 0 aromatic heterocycles. The molecule has 0 unspecified atom stereocenters. The Balaban J connectivity index is 2.67. The summed E-state index contributed by atoms with van der Waals surface area (Å²) in [4.78, 5) is 11.3. The summed E-state index contributed by atoms with van der Waals surface area (Å²) >= 11 is 3.31. The fourth-order valence-electron chi connectivity index (χ4n) is 1.32. The molecule has 96 valence electrons. The summed E-state index contributed by atoms with van der Waals surface area (Å²) < 4.78 is 6.19. The van der Waals surface area contributed by atoms with Crippen molar-refractivity contribution in [3.63, 3.8) is 0 Å². The first-order chi connectivity index (χ1) is 8.54. The number of terminal acetylenes is 1. The van der Waals surface area contributed by atoms with Gasteiger partial charge in [0.2, 0.25) is 0 Å². The smallest absolute Gasteiger partial charge is 0.258 e. The molecule has 0 radical (unpaired) electrons. The SMILES string of the molecule is C#CCNC(=O)COc1ccc(Br)cc1[C@H](C)O. The number of ether oxygens (including phenoxy) is 1. The lowest BCUT2D eigenvalue weighted by Crippen LogP contribution is -2.29. The Kier molecular flexibility index (Phi) is 5.69. The average Bonchev–Trinajstić information content (AvgIpc) is 2.34. The van der Waals surface area contributed by atoms with Gasteiger partial charge in [0.05, 0.1) is 12.6 Å². The van der Waals surface area contributed by atoms with Crippen molar-refractivity contribution in [2.75, 3.05) is 13.2 Å². The first-order valence-electron chi connectivity index (χ1n) is 5.35. The number of carbonyl (C=O) groups excluding carboxylic acids is 1. The molecule has 0 bridgehead atoms. The molecule has 0 aliphatic heterocycles. The monoisotopic (exact) mass is 311 g/mol. The molecular formula is C13H14BrNO3. The van der Waals surface area contributed by atoms with E-state index in [1.54, 1.807) is 25.1 Å². The van der Waals surface area contributed by atoms with Gasteiger partial charge in [-0.2, -0.15) is 0 Å². The number of nitrogens with one attached hydrogen (secondary N) is 1. The van der Waals surface area contributed by atoms with E-state index in [9.17, 15) is 9.90 Å². The van der Waals surface area contributed by atoms with Crippen LogP contribution in [0, 0.1) is 12.3 Å². The van der Waals surface area contributed by atoms with Crippen molar-refractivity contribution in [3.8, 4) is 18.1 Å². The molecule has 1 atom stereocenters. The molecule has 0 fully saturated rings. The zero-order chi connectivity index (χ0) is 13.5. The second-order valence-electron chi connectivity index (χ2n) is 3.63. The summed E-state index contributed by atoms with van der Waals surface area (Å²) in [6.07, 6.45) is 4.35. The lowest BCUT2D eigenvalue weighted by molar-refractivity contribution is -0.122. The summed E-state index contributed by atoms with van der Waals surface area (Å²) in [5, 5.41) is 12.1. The third-order valence-corrected chi connectivity index (χ3v) is 2.66. The predicted octanol–water partition coefficient (Wildman–Crippen LogP) is 1.63. The van der Waals surface area contributed by atoms with E-state index in [4.69, 9.17) is 11.2 Å². The Morgan fingerprint density at radius 3 is 3.00 bits per heavy atom. The maximum Gasteiger partial charge on any atom is 0.258 e. The summed E-state index contributed by atoms with van der Waals surface area (Å²) in [6.45, 7) is 1.67. The Labute approximate surface area is 114 Å². The van der Waals surface area contributed by atoms with E-state index in [-0.39, 0.29) is 19.1 Å². The van der Waals surface area contributed by atoms with Crippen LogP contribution in [0.15, 0.2) is 22.7 Å². The minimum atomic E-state index is -0.675. The third-order valence-electron chi connectivity index (χ3n) is 2.17. The van der Waals surface area contributed by atoms with Crippen LogP contribution in [0.5, 0.6) is 5.75 Å². The molecule has 1 amide bonds. The summed E-state index contributed by atoms with van der Waals surface area (Å²) in [5.74, 6) is 2.48. The second kappa shape index (κ2) is 7.04. The van der Waals surface area contributed by atoms with Crippen LogP contribution in [0.3, 0.4) is 0 Å². The van der Waals surface area contributed by atoms with Gasteiger partial charge in [-0.05, 0) is 25.1 Å². The molecule has 2 N–H and O–H groups in total. The van der Waals surface area contributed by atoms with Crippen molar-refractivity contribution < 1.29 is 14.6 Å². The van der Waals surface area contributed by atoms with Crippen LogP contribution in [0.4, 0.5) is 0 Å². The number of benzene rings is 1. The Morgan fingerprint density at radius 2 is 2.39 bits per heavy atom. The topological polar surface area (TPSA) is 58.6 Å². The molecule has 0 aliphatic rings. The Bertz CT molecular complexity index is 466.